The predicted molar refractivity (Wildman–Crippen MR) is 124 cm³/mol. The second kappa shape index (κ2) is 10.8. The molecule has 0 bridgehead atoms. The van der Waals surface area contributed by atoms with Gasteiger partial charge < -0.3 is 10.2 Å². The van der Waals surface area contributed by atoms with Gasteiger partial charge in [0.15, 0.2) is 0 Å². The van der Waals surface area contributed by atoms with Crippen molar-refractivity contribution in [2.45, 2.75) is 52.5 Å². The number of hydrogen-bond acceptors (Lipinski definition) is 4. The Morgan fingerprint density at radius 3 is 2.00 bits per heavy atom. The minimum Gasteiger partial charge on any atom is -0.340 e. The molecule has 2 saturated heterocycles. The van der Waals surface area contributed by atoms with Crippen LogP contribution in [0.3, 0.4) is 0 Å². The van der Waals surface area contributed by atoms with E-state index in [1.807, 2.05) is 32.9 Å². The van der Waals surface area contributed by atoms with Crippen LogP contribution in [-0.2, 0) is 15.0 Å². The summed E-state index contributed by atoms with van der Waals surface area (Å²) in [6.45, 7) is 8.03. The summed E-state index contributed by atoms with van der Waals surface area (Å²) < 4.78 is 29.2. The average Bonchev–Trinajstić information content (AvgIpc) is 3.07. The van der Waals surface area contributed by atoms with E-state index in [0.29, 0.717) is 31.7 Å². The number of nitrogens with one attached hydrogen (secondary N) is 1. The molecule has 0 saturated carbocycles. The molecule has 0 radical (unpaired) electrons. The van der Waals surface area contributed by atoms with E-state index >= 15 is 0 Å². The normalized spacial score (nSPS) is 20.1. The van der Waals surface area contributed by atoms with Crippen molar-refractivity contribution in [2.24, 2.45) is 5.92 Å². The Labute approximate surface area is 192 Å². The lowest BCUT2D eigenvalue weighted by Crippen LogP contribution is -2.58. The Balaban J connectivity index is 1.62. The summed E-state index contributed by atoms with van der Waals surface area (Å²) in [4.78, 5) is 27.7. The topological polar surface area (TPSA) is 90.0 Å². The summed E-state index contributed by atoms with van der Waals surface area (Å²) in [6.07, 6.45) is 3.93. The highest BCUT2D eigenvalue weighted by molar-refractivity contribution is 7.86. The molecule has 2 fully saturated rings. The molecule has 8 nitrogen and oxygen atoms in total. The van der Waals surface area contributed by atoms with Gasteiger partial charge in [-0.25, -0.2) is 0 Å². The summed E-state index contributed by atoms with van der Waals surface area (Å²) in [6, 6.07) is 6.63. The molecule has 2 aliphatic heterocycles. The van der Waals surface area contributed by atoms with Crippen molar-refractivity contribution >= 4 is 22.0 Å². The zero-order valence-electron chi connectivity index (χ0n) is 19.4. The van der Waals surface area contributed by atoms with Gasteiger partial charge in [0.25, 0.3) is 16.1 Å². The lowest BCUT2D eigenvalue weighted by atomic mass is 10.0. The first-order valence-electron chi connectivity index (χ1n) is 11.6. The fourth-order valence-electron chi connectivity index (χ4n) is 4.33. The number of rotatable bonds is 6. The van der Waals surface area contributed by atoms with E-state index < -0.39 is 16.3 Å². The first kappa shape index (κ1) is 24.7. The van der Waals surface area contributed by atoms with E-state index in [4.69, 9.17) is 0 Å². The van der Waals surface area contributed by atoms with Crippen molar-refractivity contribution in [3.8, 4) is 0 Å². The largest absolute Gasteiger partial charge is 0.340 e. The van der Waals surface area contributed by atoms with Crippen molar-refractivity contribution in [1.29, 1.82) is 0 Å². The van der Waals surface area contributed by atoms with Crippen LogP contribution >= 0.6 is 0 Å². The molecule has 0 aliphatic carbocycles. The van der Waals surface area contributed by atoms with Gasteiger partial charge >= 0.3 is 0 Å². The van der Waals surface area contributed by atoms with Gasteiger partial charge in [-0.2, -0.15) is 17.0 Å². The van der Waals surface area contributed by atoms with Crippen LogP contribution in [-0.4, -0.2) is 79.1 Å². The Morgan fingerprint density at radius 1 is 0.875 bits per heavy atom. The summed E-state index contributed by atoms with van der Waals surface area (Å²) in [7, 11) is -3.49. The number of carbonyl (C=O) groups is 2. The molecule has 0 spiro atoms. The Morgan fingerprint density at radius 2 is 1.44 bits per heavy atom. The third-order valence-electron chi connectivity index (χ3n) is 6.38. The predicted octanol–water partition coefficient (Wildman–Crippen LogP) is 2.01. The van der Waals surface area contributed by atoms with Gasteiger partial charge in [-0.1, -0.05) is 44.9 Å². The number of carbonyl (C=O) groups excluding carboxylic acids is 2. The van der Waals surface area contributed by atoms with Gasteiger partial charge in [-0.15, -0.1) is 0 Å². The van der Waals surface area contributed by atoms with E-state index in [1.54, 1.807) is 21.3 Å². The van der Waals surface area contributed by atoms with Crippen LogP contribution in [0.1, 0.15) is 55.5 Å². The van der Waals surface area contributed by atoms with Crippen LogP contribution in [0.2, 0.25) is 0 Å². The summed E-state index contributed by atoms with van der Waals surface area (Å²) >= 11 is 0. The first-order valence-corrected chi connectivity index (χ1v) is 13.0. The van der Waals surface area contributed by atoms with Crippen LogP contribution in [0.25, 0.3) is 0 Å². The number of aryl methyl sites for hydroxylation is 1. The first-order chi connectivity index (χ1) is 15.2. The fourth-order valence-corrected chi connectivity index (χ4v) is 6.00. The molecule has 1 aromatic rings. The summed E-state index contributed by atoms with van der Waals surface area (Å²) in [5.74, 6) is -0.513. The summed E-state index contributed by atoms with van der Waals surface area (Å²) in [5, 5.41) is 2.90. The molecular formula is C23H36N4O4S. The molecular weight excluding hydrogens is 428 g/mol. The second-order valence-corrected chi connectivity index (χ2v) is 11.0. The van der Waals surface area contributed by atoms with E-state index in [9.17, 15) is 18.0 Å². The van der Waals surface area contributed by atoms with Crippen molar-refractivity contribution in [1.82, 2.24) is 18.8 Å². The van der Waals surface area contributed by atoms with Crippen LogP contribution in [0.4, 0.5) is 0 Å². The third kappa shape index (κ3) is 5.68. The zero-order chi connectivity index (χ0) is 23.3. The lowest BCUT2D eigenvalue weighted by molar-refractivity contribution is -0.135. The van der Waals surface area contributed by atoms with Crippen molar-refractivity contribution in [3.05, 3.63) is 35.4 Å². The Bertz CT molecular complexity index is 902. The van der Waals surface area contributed by atoms with Gasteiger partial charge in [0, 0.05) is 44.8 Å². The summed E-state index contributed by atoms with van der Waals surface area (Å²) in [5.41, 5.74) is 1.41. The standard InChI is InChI=1S/C23H36N4O4S/c1-18(2)21(24-22(28)20-11-7-6-10-19(20)3)23(29)25-14-16-27(17-15-25)32(30,31)26-12-8-4-5-9-13-26/h6-7,10-11,18,21H,4-5,8-9,12-17H2,1-3H3,(H,24,28). The van der Waals surface area contributed by atoms with Crippen molar-refractivity contribution in [3.63, 3.8) is 0 Å². The van der Waals surface area contributed by atoms with E-state index in [0.717, 1.165) is 31.2 Å². The number of hydrogen-bond donors (Lipinski definition) is 1. The second-order valence-electron chi connectivity index (χ2n) is 9.06. The average molecular weight is 465 g/mol. The van der Waals surface area contributed by atoms with Gasteiger partial charge in [0.05, 0.1) is 0 Å². The Hall–Kier alpha value is -1.97. The van der Waals surface area contributed by atoms with E-state index in [1.165, 1.54) is 4.31 Å². The monoisotopic (exact) mass is 464 g/mol. The molecule has 2 aliphatic rings. The SMILES string of the molecule is Cc1ccccc1C(=O)NC(C(=O)N1CCN(S(=O)(=O)N2CCCCCC2)CC1)C(C)C. The molecule has 0 aromatic heterocycles. The zero-order valence-corrected chi connectivity index (χ0v) is 20.2. The van der Waals surface area contributed by atoms with Crippen LogP contribution in [0.5, 0.6) is 0 Å². The van der Waals surface area contributed by atoms with Crippen molar-refractivity contribution in [2.75, 3.05) is 39.3 Å². The maximum Gasteiger partial charge on any atom is 0.282 e. The highest BCUT2D eigenvalue weighted by Crippen LogP contribution is 2.19. The highest BCUT2D eigenvalue weighted by Gasteiger charge is 2.36. The van der Waals surface area contributed by atoms with Gasteiger partial charge in [0.2, 0.25) is 5.91 Å². The molecule has 1 unspecified atom stereocenters. The molecule has 2 heterocycles. The smallest absolute Gasteiger partial charge is 0.282 e. The quantitative estimate of drug-likeness (QED) is 0.697. The number of piperazine rings is 1. The molecule has 1 N–H and O–H groups in total. The molecule has 9 heteroatoms. The van der Waals surface area contributed by atoms with Crippen molar-refractivity contribution < 1.29 is 18.0 Å². The molecule has 1 aromatic carbocycles. The van der Waals surface area contributed by atoms with E-state index in [-0.39, 0.29) is 30.8 Å². The number of nitrogens with zero attached hydrogens (tertiary/aromatic N) is 3. The van der Waals surface area contributed by atoms with Gasteiger partial charge in [-0.05, 0) is 37.3 Å². The molecule has 178 valence electrons. The number of amides is 2. The lowest BCUT2D eigenvalue weighted by Gasteiger charge is -2.38. The molecule has 2 amide bonds. The third-order valence-corrected chi connectivity index (χ3v) is 8.41. The highest BCUT2D eigenvalue weighted by atomic mass is 32.2. The molecule has 32 heavy (non-hydrogen) atoms. The van der Waals surface area contributed by atoms with Gasteiger partial charge in [-0.3, -0.25) is 9.59 Å². The Kier molecular flexibility index (Phi) is 8.30. The van der Waals surface area contributed by atoms with Crippen LogP contribution < -0.4 is 5.32 Å². The van der Waals surface area contributed by atoms with Crippen LogP contribution in [0, 0.1) is 12.8 Å². The minimum absolute atomic E-state index is 0.0886. The number of benzene rings is 1. The van der Waals surface area contributed by atoms with Crippen LogP contribution in [0.15, 0.2) is 24.3 Å². The fraction of sp³-hybridized carbons (Fsp3) is 0.652. The molecule has 1 atom stereocenters. The van der Waals surface area contributed by atoms with E-state index in [2.05, 4.69) is 5.32 Å². The maximum absolute atomic E-state index is 13.2. The maximum atomic E-state index is 13.2. The minimum atomic E-state index is -3.49. The molecule has 3 rings (SSSR count). The van der Waals surface area contributed by atoms with Gasteiger partial charge in [0.1, 0.15) is 6.04 Å².